The lowest BCUT2D eigenvalue weighted by molar-refractivity contribution is -0.130. The number of rotatable bonds is 6. The molecular weight excluding hydrogens is 304 g/mol. The van der Waals surface area contributed by atoms with Crippen molar-refractivity contribution in [2.45, 2.75) is 44.2 Å². The lowest BCUT2D eigenvalue weighted by Gasteiger charge is -2.21. The molecule has 0 radical (unpaired) electrons. The summed E-state index contributed by atoms with van der Waals surface area (Å²) in [6.45, 7) is 1.40. The van der Waals surface area contributed by atoms with Crippen molar-refractivity contribution < 1.29 is 13.2 Å². The van der Waals surface area contributed by atoms with Gasteiger partial charge in [0, 0.05) is 19.1 Å². The van der Waals surface area contributed by atoms with E-state index in [0.29, 0.717) is 19.0 Å². The SMILES string of the molecule is CS(=O)(=O)NCC1CC[C@@H](NCC(=O)N2CCC[C@H]2C#N)C1. The molecule has 3 atom stereocenters. The van der Waals surface area contributed by atoms with E-state index in [0.717, 1.165) is 38.4 Å². The first-order valence-electron chi connectivity index (χ1n) is 7.76. The average Bonchev–Trinajstić information content (AvgIpc) is 3.10. The van der Waals surface area contributed by atoms with E-state index >= 15 is 0 Å². The number of carbonyl (C=O) groups is 1. The Balaban J connectivity index is 1.70. The van der Waals surface area contributed by atoms with Crippen LogP contribution in [0.3, 0.4) is 0 Å². The second kappa shape index (κ2) is 7.40. The van der Waals surface area contributed by atoms with Gasteiger partial charge in [-0.15, -0.1) is 0 Å². The zero-order chi connectivity index (χ0) is 16.2. The highest BCUT2D eigenvalue weighted by atomic mass is 32.2. The smallest absolute Gasteiger partial charge is 0.237 e. The number of likely N-dealkylation sites (tertiary alicyclic amines) is 1. The number of sulfonamides is 1. The van der Waals surface area contributed by atoms with Crippen LogP contribution in [0.1, 0.15) is 32.1 Å². The van der Waals surface area contributed by atoms with Gasteiger partial charge in [-0.1, -0.05) is 0 Å². The van der Waals surface area contributed by atoms with E-state index in [2.05, 4.69) is 16.1 Å². The fourth-order valence-electron chi connectivity index (χ4n) is 3.25. The van der Waals surface area contributed by atoms with Gasteiger partial charge in [0.2, 0.25) is 15.9 Å². The summed E-state index contributed by atoms with van der Waals surface area (Å²) >= 11 is 0. The molecule has 0 spiro atoms. The van der Waals surface area contributed by atoms with E-state index < -0.39 is 10.0 Å². The van der Waals surface area contributed by atoms with Crippen LogP contribution >= 0.6 is 0 Å². The molecule has 0 bridgehead atoms. The van der Waals surface area contributed by atoms with Gasteiger partial charge in [0.15, 0.2) is 0 Å². The minimum atomic E-state index is -3.14. The van der Waals surface area contributed by atoms with E-state index in [1.54, 1.807) is 4.90 Å². The topological polar surface area (TPSA) is 102 Å². The molecule has 2 N–H and O–H groups in total. The Morgan fingerprint density at radius 1 is 1.36 bits per heavy atom. The van der Waals surface area contributed by atoms with Gasteiger partial charge in [0.05, 0.1) is 18.9 Å². The molecule has 0 aromatic carbocycles. The largest absolute Gasteiger partial charge is 0.326 e. The standard InChI is InChI=1S/C14H24N4O3S/c1-22(20,21)17-9-11-4-5-12(7-11)16-10-14(19)18-6-2-3-13(18)8-15/h11-13,16-17H,2-7,9-10H2,1H3/t11?,12-,13+/m1/s1. The molecule has 2 fully saturated rings. The molecule has 1 heterocycles. The number of carbonyl (C=O) groups excluding carboxylic acids is 1. The van der Waals surface area contributed by atoms with Gasteiger partial charge < -0.3 is 10.2 Å². The molecule has 0 aromatic heterocycles. The van der Waals surface area contributed by atoms with Gasteiger partial charge in [-0.05, 0) is 38.0 Å². The second-order valence-corrected chi connectivity index (χ2v) is 8.08. The van der Waals surface area contributed by atoms with Crippen molar-refractivity contribution in [3.8, 4) is 6.07 Å². The first-order valence-corrected chi connectivity index (χ1v) is 9.65. The zero-order valence-corrected chi connectivity index (χ0v) is 13.7. The molecule has 7 nitrogen and oxygen atoms in total. The van der Waals surface area contributed by atoms with Crippen molar-refractivity contribution >= 4 is 15.9 Å². The second-order valence-electron chi connectivity index (χ2n) is 6.25. The van der Waals surface area contributed by atoms with Crippen molar-refractivity contribution in [2.75, 3.05) is 25.9 Å². The van der Waals surface area contributed by atoms with Crippen molar-refractivity contribution in [3.05, 3.63) is 0 Å². The molecular formula is C14H24N4O3S. The van der Waals surface area contributed by atoms with Crippen LogP contribution in [0.5, 0.6) is 0 Å². The third kappa shape index (κ3) is 4.93. The van der Waals surface area contributed by atoms with Crippen LogP contribution in [0.15, 0.2) is 0 Å². The Labute approximate surface area is 132 Å². The molecule has 1 saturated heterocycles. The molecule has 1 saturated carbocycles. The highest BCUT2D eigenvalue weighted by Crippen LogP contribution is 2.25. The first-order chi connectivity index (χ1) is 10.4. The van der Waals surface area contributed by atoms with Crippen LogP contribution in [-0.2, 0) is 14.8 Å². The normalized spacial score (nSPS) is 28.7. The van der Waals surface area contributed by atoms with Crippen LogP contribution < -0.4 is 10.0 Å². The fourth-order valence-corrected chi connectivity index (χ4v) is 3.79. The minimum absolute atomic E-state index is 0.0123. The van der Waals surface area contributed by atoms with E-state index in [1.165, 1.54) is 0 Å². The maximum absolute atomic E-state index is 12.1. The van der Waals surface area contributed by atoms with Gasteiger partial charge in [0.25, 0.3) is 0 Å². The Bertz CT molecular complexity index is 543. The molecule has 124 valence electrons. The molecule has 1 aliphatic carbocycles. The number of hydrogen-bond acceptors (Lipinski definition) is 5. The highest BCUT2D eigenvalue weighted by molar-refractivity contribution is 7.88. The van der Waals surface area contributed by atoms with Gasteiger partial charge in [0.1, 0.15) is 6.04 Å². The van der Waals surface area contributed by atoms with Crippen LogP contribution in [0.2, 0.25) is 0 Å². The maximum atomic E-state index is 12.1. The Morgan fingerprint density at radius 3 is 2.82 bits per heavy atom. The summed E-state index contributed by atoms with van der Waals surface area (Å²) in [6.07, 6.45) is 5.61. The monoisotopic (exact) mass is 328 g/mol. The molecule has 2 aliphatic rings. The molecule has 0 aromatic rings. The molecule has 8 heteroatoms. The number of nitrogens with zero attached hydrogens (tertiary/aromatic N) is 2. The molecule has 1 aliphatic heterocycles. The lowest BCUT2D eigenvalue weighted by Crippen LogP contribution is -2.43. The van der Waals surface area contributed by atoms with Crippen molar-refractivity contribution in [1.82, 2.24) is 14.9 Å². The lowest BCUT2D eigenvalue weighted by atomic mass is 10.1. The molecule has 22 heavy (non-hydrogen) atoms. The summed E-state index contributed by atoms with van der Waals surface area (Å²) in [5.41, 5.74) is 0. The Morgan fingerprint density at radius 2 is 2.14 bits per heavy atom. The predicted molar refractivity (Wildman–Crippen MR) is 82.3 cm³/mol. The quantitative estimate of drug-likeness (QED) is 0.703. The summed E-state index contributed by atoms with van der Waals surface area (Å²) < 4.78 is 24.7. The van der Waals surface area contributed by atoms with Crippen LogP contribution in [-0.4, -0.2) is 57.2 Å². The summed E-state index contributed by atoms with van der Waals surface area (Å²) in [4.78, 5) is 13.8. The van der Waals surface area contributed by atoms with Crippen molar-refractivity contribution in [3.63, 3.8) is 0 Å². The van der Waals surface area contributed by atoms with E-state index in [-0.39, 0.29) is 24.5 Å². The number of hydrogen-bond donors (Lipinski definition) is 2. The summed E-state index contributed by atoms with van der Waals surface area (Å²) in [5, 5.41) is 12.3. The van der Waals surface area contributed by atoms with Crippen molar-refractivity contribution in [2.24, 2.45) is 5.92 Å². The summed E-state index contributed by atoms with van der Waals surface area (Å²) in [5.74, 6) is 0.308. The number of nitriles is 1. The van der Waals surface area contributed by atoms with Gasteiger partial charge >= 0.3 is 0 Å². The summed E-state index contributed by atoms with van der Waals surface area (Å²) in [7, 11) is -3.14. The van der Waals surface area contributed by atoms with Crippen molar-refractivity contribution in [1.29, 1.82) is 5.26 Å². The van der Waals surface area contributed by atoms with E-state index in [4.69, 9.17) is 5.26 Å². The summed E-state index contributed by atoms with van der Waals surface area (Å²) in [6, 6.07) is 2.15. The number of nitrogens with one attached hydrogen (secondary N) is 2. The molecule has 1 amide bonds. The third-order valence-electron chi connectivity index (χ3n) is 4.44. The average molecular weight is 328 g/mol. The van der Waals surface area contributed by atoms with Crippen LogP contribution in [0.4, 0.5) is 0 Å². The highest BCUT2D eigenvalue weighted by Gasteiger charge is 2.30. The Kier molecular flexibility index (Phi) is 5.78. The van der Waals surface area contributed by atoms with Gasteiger partial charge in [-0.25, -0.2) is 13.1 Å². The van der Waals surface area contributed by atoms with Gasteiger partial charge in [-0.2, -0.15) is 5.26 Å². The van der Waals surface area contributed by atoms with E-state index in [1.807, 2.05) is 0 Å². The number of amides is 1. The van der Waals surface area contributed by atoms with Crippen LogP contribution in [0.25, 0.3) is 0 Å². The van der Waals surface area contributed by atoms with E-state index in [9.17, 15) is 13.2 Å². The predicted octanol–water partition coefficient (Wildman–Crippen LogP) is -0.192. The third-order valence-corrected chi connectivity index (χ3v) is 5.13. The zero-order valence-electron chi connectivity index (χ0n) is 12.9. The molecule has 2 rings (SSSR count). The van der Waals surface area contributed by atoms with Gasteiger partial charge in [-0.3, -0.25) is 4.79 Å². The van der Waals surface area contributed by atoms with Crippen LogP contribution in [0, 0.1) is 17.2 Å². The maximum Gasteiger partial charge on any atom is 0.237 e. The first kappa shape index (κ1) is 17.2. The Hall–Kier alpha value is -1.17. The minimum Gasteiger partial charge on any atom is -0.326 e. The fraction of sp³-hybridized carbons (Fsp3) is 0.857. The molecule has 1 unspecified atom stereocenters.